The van der Waals surface area contributed by atoms with Crippen LogP contribution >= 0.6 is 23.2 Å². The van der Waals surface area contributed by atoms with E-state index in [4.69, 9.17) is 29.6 Å². The molecular weight excluding hydrogens is 415 g/mol. The highest BCUT2D eigenvalue weighted by Crippen LogP contribution is 2.35. The molecule has 1 heterocycles. The van der Waals surface area contributed by atoms with E-state index >= 15 is 0 Å². The Morgan fingerprint density at radius 2 is 1.90 bits per heavy atom. The normalized spacial score (nSPS) is 12.1. The molecule has 0 radical (unpaired) electrons. The van der Waals surface area contributed by atoms with Gasteiger partial charge in [-0.2, -0.15) is 5.26 Å². The smallest absolute Gasteiger partial charge is 0.115 e. The van der Waals surface area contributed by atoms with Crippen molar-refractivity contribution >= 4 is 45.5 Å². The molecule has 6 heteroatoms. The SMILES string of the molecule is C#CC(Nc1cc(Cl)c2ncc(C#N)c(NCC(C)(C)C)c2c1)c1ccccc1Cl. The third-order valence-corrected chi connectivity index (χ3v) is 5.17. The maximum Gasteiger partial charge on any atom is 0.115 e. The molecule has 3 rings (SSSR count). The molecule has 2 aromatic carbocycles. The second-order valence-electron chi connectivity index (χ2n) is 8.19. The summed E-state index contributed by atoms with van der Waals surface area (Å²) in [6.45, 7) is 7.05. The van der Waals surface area contributed by atoms with E-state index in [0.717, 1.165) is 10.9 Å². The predicted molar refractivity (Wildman–Crippen MR) is 126 cm³/mol. The van der Waals surface area contributed by atoms with Gasteiger partial charge >= 0.3 is 0 Å². The standard InChI is InChI=1S/C24H22Cl2N4/c1-5-21(17-8-6-7-9-19(17)25)30-16-10-18-22(29-14-24(2,3)4)15(12-27)13-28-23(18)20(26)11-16/h1,6-11,13,21,30H,14H2,2-4H3,(H,28,29). The van der Waals surface area contributed by atoms with Crippen molar-refractivity contribution in [2.24, 2.45) is 5.41 Å². The van der Waals surface area contributed by atoms with Crippen molar-refractivity contribution in [3.8, 4) is 18.4 Å². The fourth-order valence-corrected chi connectivity index (χ4v) is 3.57. The van der Waals surface area contributed by atoms with Crippen LogP contribution in [0.25, 0.3) is 10.9 Å². The van der Waals surface area contributed by atoms with Gasteiger partial charge in [-0.05, 0) is 23.6 Å². The number of anilines is 2. The topological polar surface area (TPSA) is 60.7 Å². The summed E-state index contributed by atoms with van der Waals surface area (Å²) in [4.78, 5) is 4.39. The lowest BCUT2D eigenvalue weighted by Crippen LogP contribution is -2.19. The van der Waals surface area contributed by atoms with Gasteiger partial charge in [0.25, 0.3) is 0 Å². The summed E-state index contributed by atoms with van der Waals surface area (Å²) >= 11 is 12.9. The molecule has 0 saturated carbocycles. The third-order valence-electron chi connectivity index (χ3n) is 4.53. The summed E-state index contributed by atoms with van der Waals surface area (Å²) in [6.07, 6.45) is 7.31. The van der Waals surface area contributed by atoms with Gasteiger partial charge in [-0.3, -0.25) is 4.98 Å². The maximum atomic E-state index is 9.59. The van der Waals surface area contributed by atoms with Crippen molar-refractivity contribution in [1.29, 1.82) is 5.26 Å². The first-order valence-corrected chi connectivity index (χ1v) is 10.2. The highest BCUT2D eigenvalue weighted by Gasteiger charge is 2.17. The lowest BCUT2D eigenvalue weighted by molar-refractivity contribution is 0.443. The molecule has 3 aromatic rings. The van der Waals surface area contributed by atoms with Crippen molar-refractivity contribution < 1.29 is 0 Å². The van der Waals surface area contributed by atoms with E-state index in [9.17, 15) is 5.26 Å². The van der Waals surface area contributed by atoms with Crippen LogP contribution in [-0.4, -0.2) is 11.5 Å². The minimum absolute atomic E-state index is 0.0284. The van der Waals surface area contributed by atoms with E-state index in [2.05, 4.69) is 48.4 Å². The number of nitrogens with zero attached hydrogens (tertiary/aromatic N) is 2. The second-order valence-corrected chi connectivity index (χ2v) is 9.01. The Balaban J connectivity index is 2.08. The Labute approximate surface area is 187 Å². The fourth-order valence-electron chi connectivity index (χ4n) is 3.06. The average molecular weight is 437 g/mol. The molecule has 152 valence electrons. The third kappa shape index (κ3) is 4.79. The number of nitriles is 1. The number of rotatable bonds is 5. The van der Waals surface area contributed by atoms with E-state index < -0.39 is 6.04 Å². The average Bonchev–Trinajstić information content (AvgIpc) is 2.70. The largest absolute Gasteiger partial charge is 0.383 e. The molecule has 0 amide bonds. The molecule has 0 fully saturated rings. The molecule has 0 saturated heterocycles. The van der Waals surface area contributed by atoms with Crippen LogP contribution in [0.2, 0.25) is 10.0 Å². The quantitative estimate of drug-likeness (QED) is 0.439. The van der Waals surface area contributed by atoms with E-state index in [-0.39, 0.29) is 5.41 Å². The van der Waals surface area contributed by atoms with Gasteiger partial charge in [0.15, 0.2) is 0 Å². The zero-order chi connectivity index (χ0) is 21.9. The van der Waals surface area contributed by atoms with Crippen LogP contribution in [0.4, 0.5) is 11.4 Å². The number of aromatic nitrogens is 1. The fraction of sp³-hybridized carbons (Fsp3) is 0.250. The van der Waals surface area contributed by atoms with Crippen LogP contribution in [0.3, 0.4) is 0 Å². The van der Waals surface area contributed by atoms with Crippen molar-refractivity contribution in [2.45, 2.75) is 26.8 Å². The maximum absolute atomic E-state index is 9.59. The Morgan fingerprint density at radius 1 is 1.17 bits per heavy atom. The Morgan fingerprint density at radius 3 is 2.53 bits per heavy atom. The predicted octanol–water partition coefficient (Wildman–Crippen LogP) is 6.66. The first kappa shape index (κ1) is 21.8. The highest BCUT2D eigenvalue weighted by atomic mass is 35.5. The van der Waals surface area contributed by atoms with Crippen molar-refractivity contribution in [3.05, 3.63) is 63.8 Å². The van der Waals surface area contributed by atoms with Gasteiger partial charge in [0.1, 0.15) is 12.1 Å². The first-order valence-electron chi connectivity index (χ1n) is 9.47. The Kier molecular flexibility index (Phi) is 6.42. The summed E-state index contributed by atoms with van der Waals surface area (Å²) < 4.78 is 0. The Hall–Kier alpha value is -2.92. The molecule has 1 aromatic heterocycles. The first-order chi connectivity index (χ1) is 14.2. The lowest BCUT2D eigenvalue weighted by Gasteiger charge is -2.22. The van der Waals surface area contributed by atoms with Gasteiger partial charge in [0.05, 0.1) is 21.8 Å². The molecule has 0 spiro atoms. The lowest BCUT2D eigenvalue weighted by atomic mass is 9.96. The summed E-state index contributed by atoms with van der Waals surface area (Å²) in [5, 5.41) is 18.1. The van der Waals surface area contributed by atoms with Crippen LogP contribution in [0.1, 0.15) is 37.9 Å². The van der Waals surface area contributed by atoms with E-state index in [0.29, 0.717) is 39.0 Å². The van der Waals surface area contributed by atoms with Gasteiger partial charge < -0.3 is 10.6 Å². The number of fused-ring (bicyclic) bond motifs is 1. The summed E-state index contributed by atoms with van der Waals surface area (Å²) in [7, 11) is 0. The van der Waals surface area contributed by atoms with Crippen LogP contribution in [0.5, 0.6) is 0 Å². The van der Waals surface area contributed by atoms with E-state index in [1.807, 2.05) is 24.3 Å². The zero-order valence-electron chi connectivity index (χ0n) is 17.1. The summed E-state index contributed by atoms with van der Waals surface area (Å²) in [5.74, 6) is 2.74. The number of nitrogens with one attached hydrogen (secondary N) is 2. The number of hydrogen-bond acceptors (Lipinski definition) is 4. The molecule has 0 aliphatic heterocycles. The summed E-state index contributed by atoms with van der Waals surface area (Å²) in [6, 6.07) is 12.9. The minimum Gasteiger partial charge on any atom is -0.383 e. The van der Waals surface area contributed by atoms with Crippen LogP contribution in [0.15, 0.2) is 42.6 Å². The van der Waals surface area contributed by atoms with Crippen molar-refractivity contribution in [2.75, 3.05) is 17.2 Å². The van der Waals surface area contributed by atoms with Crippen LogP contribution in [0, 0.1) is 29.1 Å². The molecular formula is C24H22Cl2N4. The minimum atomic E-state index is -0.440. The highest BCUT2D eigenvalue weighted by molar-refractivity contribution is 6.36. The number of hydrogen-bond donors (Lipinski definition) is 2. The number of halogens is 2. The summed E-state index contributed by atoms with van der Waals surface area (Å²) in [5.41, 5.74) is 3.32. The molecule has 0 aliphatic carbocycles. The Bertz CT molecular complexity index is 1170. The van der Waals surface area contributed by atoms with Crippen molar-refractivity contribution in [1.82, 2.24) is 4.98 Å². The van der Waals surface area contributed by atoms with Gasteiger partial charge in [0, 0.05) is 34.4 Å². The van der Waals surface area contributed by atoms with Gasteiger partial charge in [-0.15, -0.1) is 6.42 Å². The molecule has 1 atom stereocenters. The number of terminal acetylenes is 1. The molecule has 0 aliphatic rings. The van der Waals surface area contributed by atoms with Crippen LogP contribution < -0.4 is 10.6 Å². The second kappa shape index (κ2) is 8.84. The van der Waals surface area contributed by atoms with E-state index in [1.54, 1.807) is 18.3 Å². The van der Waals surface area contributed by atoms with Gasteiger partial charge in [-0.25, -0.2) is 0 Å². The van der Waals surface area contributed by atoms with Crippen LogP contribution in [-0.2, 0) is 0 Å². The molecule has 2 N–H and O–H groups in total. The van der Waals surface area contributed by atoms with Gasteiger partial charge in [-0.1, -0.05) is 68.1 Å². The number of pyridine rings is 1. The molecule has 1 unspecified atom stereocenters. The van der Waals surface area contributed by atoms with Crippen molar-refractivity contribution in [3.63, 3.8) is 0 Å². The number of benzene rings is 2. The molecule has 4 nitrogen and oxygen atoms in total. The van der Waals surface area contributed by atoms with E-state index in [1.165, 1.54) is 0 Å². The monoisotopic (exact) mass is 436 g/mol. The van der Waals surface area contributed by atoms with Gasteiger partial charge in [0.2, 0.25) is 0 Å². The zero-order valence-corrected chi connectivity index (χ0v) is 18.6. The molecule has 0 bridgehead atoms. The molecule has 30 heavy (non-hydrogen) atoms.